The third-order valence-electron chi connectivity index (χ3n) is 8.05. The highest BCUT2D eigenvalue weighted by molar-refractivity contribution is 7.85. The van der Waals surface area contributed by atoms with Gasteiger partial charge in [0, 0.05) is 11.1 Å². The van der Waals surface area contributed by atoms with Crippen LogP contribution >= 0.6 is 0 Å². The summed E-state index contributed by atoms with van der Waals surface area (Å²) in [6.07, 6.45) is 1.98. The lowest BCUT2D eigenvalue weighted by Gasteiger charge is -2.23. The first-order valence-electron chi connectivity index (χ1n) is 12.9. The zero-order valence-corrected chi connectivity index (χ0v) is 23.5. The van der Waals surface area contributed by atoms with Gasteiger partial charge in [-0.2, -0.15) is 8.42 Å². The lowest BCUT2D eigenvalue weighted by atomic mass is 9.82. The molecule has 2 aromatic heterocycles. The molecule has 0 aliphatic rings. The molecule has 0 unspecified atom stereocenters. The SMILES string of the molecule is CCC(C)(C)c1ccc2[nH]c(-c3cc(-c4nc5cc(C(C)(C)CC)ccc5[nH]4)cc(S(=O)(=O)O)c3)nc2c1. The van der Waals surface area contributed by atoms with Crippen LogP contribution in [0.2, 0.25) is 0 Å². The van der Waals surface area contributed by atoms with Crippen LogP contribution in [0.4, 0.5) is 0 Å². The molecule has 0 aliphatic carbocycles. The number of H-pyrrole nitrogens is 2. The number of nitrogens with zero attached hydrogens (tertiary/aromatic N) is 2. The Morgan fingerprint density at radius 2 is 1.13 bits per heavy atom. The maximum atomic E-state index is 12.2. The van der Waals surface area contributed by atoms with Crippen molar-refractivity contribution in [3.63, 3.8) is 0 Å². The molecule has 0 spiro atoms. The molecule has 7 nitrogen and oxygen atoms in total. The molecule has 8 heteroatoms. The standard InChI is InChI=1S/C30H34N4O3S/c1-7-29(3,4)20-9-11-23-25(16-20)33-27(31-23)18-13-19(15-22(14-18)38(35,36)37)28-32-24-12-10-21(17-26(24)34-28)30(5,6)8-2/h9-17H,7-8H2,1-6H3,(H,31,33)(H,32,34)(H,35,36,37). The summed E-state index contributed by atoms with van der Waals surface area (Å²) in [6, 6.07) is 17.0. The van der Waals surface area contributed by atoms with Gasteiger partial charge < -0.3 is 9.97 Å². The zero-order valence-electron chi connectivity index (χ0n) is 22.7. The van der Waals surface area contributed by atoms with Gasteiger partial charge in [0.2, 0.25) is 0 Å². The van der Waals surface area contributed by atoms with Crippen molar-refractivity contribution in [1.82, 2.24) is 19.9 Å². The fraction of sp³-hybridized carbons (Fsp3) is 0.333. The first-order valence-corrected chi connectivity index (χ1v) is 14.4. The third kappa shape index (κ3) is 4.74. The van der Waals surface area contributed by atoms with E-state index in [9.17, 15) is 13.0 Å². The maximum absolute atomic E-state index is 12.2. The molecule has 0 saturated carbocycles. The second-order valence-electron chi connectivity index (χ2n) is 11.3. The van der Waals surface area contributed by atoms with Crippen LogP contribution in [-0.4, -0.2) is 32.9 Å². The average molecular weight is 531 g/mol. The van der Waals surface area contributed by atoms with Gasteiger partial charge in [-0.1, -0.05) is 53.7 Å². The van der Waals surface area contributed by atoms with Crippen molar-refractivity contribution in [2.75, 3.05) is 0 Å². The van der Waals surface area contributed by atoms with E-state index in [2.05, 4.69) is 75.8 Å². The van der Waals surface area contributed by atoms with Crippen molar-refractivity contribution < 1.29 is 13.0 Å². The molecular formula is C30H34N4O3S. The first kappa shape index (κ1) is 26.1. The second kappa shape index (κ2) is 9.06. The van der Waals surface area contributed by atoms with E-state index in [-0.39, 0.29) is 15.7 Å². The molecule has 3 N–H and O–H groups in total. The lowest BCUT2D eigenvalue weighted by Crippen LogP contribution is -2.15. The van der Waals surface area contributed by atoms with Crippen molar-refractivity contribution >= 4 is 32.2 Å². The van der Waals surface area contributed by atoms with E-state index in [0.29, 0.717) is 22.8 Å². The van der Waals surface area contributed by atoms with E-state index in [4.69, 9.17) is 9.97 Å². The van der Waals surface area contributed by atoms with Gasteiger partial charge in [0.05, 0.1) is 27.0 Å². The number of hydrogen-bond donors (Lipinski definition) is 3. The number of imidazole rings is 2. The Labute approximate surface area is 223 Å². The minimum atomic E-state index is -4.47. The van der Waals surface area contributed by atoms with Crippen LogP contribution < -0.4 is 0 Å². The van der Waals surface area contributed by atoms with Crippen LogP contribution in [0, 0.1) is 0 Å². The van der Waals surface area contributed by atoms with Crippen LogP contribution in [-0.2, 0) is 20.9 Å². The Kier molecular flexibility index (Phi) is 6.23. The van der Waals surface area contributed by atoms with Crippen molar-refractivity contribution in [1.29, 1.82) is 0 Å². The van der Waals surface area contributed by atoms with Crippen LogP contribution in [0.5, 0.6) is 0 Å². The highest BCUT2D eigenvalue weighted by Gasteiger charge is 2.22. The number of fused-ring (bicyclic) bond motifs is 2. The van der Waals surface area contributed by atoms with Crippen molar-refractivity contribution in [2.24, 2.45) is 0 Å². The van der Waals surface area contributed by atoms with Gasteiger partial charge in [-0.25, -0.2) is 9.97 Å². The van der Waals surface area contributed by atoms with Crippen LogP contribution in [0.25, 0.3) is 44.8 Å². The Morgan fingerprint density at radius 3 is 1.50 bits per heavy atom. The Balaban J connectivity index is 1.64. The van der Waals surface area contributed by atoms with E-state index >= 15 is 0 Å². The van der Waals surface area contributed by atoms with Crippen molar-refractivity contribution in [2.45, 2.75) is 70.1 Å². The number of hydrogen-bond acceptors (Lipinski definition) is 4. The molecule has 0 aliphatic heterocycles. The monoisotopic (exact) mass is 530 g/mol. The molecule has 198 valence electrons. The number of aromatic nitrogens is 4. The second-order valence-corrected chi connectivity index (χ2v) is 12.8. The quantitative estimate of drug-likeness (QED) is 0.190. The van der Waals surface area contributed by atoms with Gasteiger partial charge in [-0.05, 0) is 77.3 Å². The van der Waals surface area contributed by atoms with Crippen molar-refractivity contribution in [3.8, 4) is 22.8 Å². The number of aromatic amines is 2. The summed E-state index contributed by atoms with van der Waals surface area (Å²) in [4.78, 5) is 15.9. The van der Waals surface area contributed by atoms with Gasteiger partial charge in [0.1, 0.15) is 11.6 Å². The van der Waals surface area contributed by atoms with Gasteiger partial charge in [0.15, 0.2) is 0 Å². The predicted octanol–water partition coefficient (Wildman–Crippen LogP) is 7.40. The molecule has 0 bridgehead atoms. The van der Waals surface area contributed by atoms with Crippen LogP contribution in [0.15, 0.2) is 59.5 Å². The van der Waals surface area contributed by atoms with Crippen molar-refractivity contribution in [3.05, 3.63) is 65.7 Å². The smallest absolute Gasteiger partial charge is 0.294 e. The normalized spacial score (nSPS) is 13.0. The molecule has 0 saturated heterocycles. The van der Waals surface area contributed by atoms with E-state index in [1.165, 1.54) is 23.3 Å². The lowest BCUT2D eigenvalue weighted by molar-refractivity contribution is 0.483. The molecule has 0 atom stereocenters. The van der Waals surface area contributed by atoms with Gasteiger partial charge in [-0.15, -0.1) is 0 Å². The Hall–Kier alpha value is -3.49. The van der Waals surface area contributed by atoms with Gasteiger partial charge in [-0.3, -0.25) is 4.55 Å². The predicted molar refractivity (Wildman–Crippen MR) is 153 cm³/mol. The minimum absolute atomic E-state index is 0.0128. The number of rotatable bonds is 7. The summed E-state index contributed by atoms with van der Waals surface area (Å²) < 4.78 is 34.4. The molecule has 0 fully saturated rings. The Morgan fingerprint density at radius 1 is 0.711 bits per heavy atom. The molecule has 3 aromatic carbocycles. The fourth-order valence-corrected chi connectivity index (χ4v) is 5.11. The molecule has 38 heavy (non-hydrogen) atoms. The summed E-state index contributed by atoms with van der Waals surface area (Å²) in [5, 5.41) is 0. The summed E-state index contributed by atoms with van der Waals surface area (Å²) >= 11 is 0. The average Bonchev–Trinajstić information content (AvgIpc) is 3.51. The molecular weight excluding hydrogens is 496 g/mol. The summed E-state index contributed by atoms with van der Waals surface area (Å²) in [5.74, 6) is 1.03. The fourth-order valence-electron chi connectivity index (χ4n) is 4.56. The summed E-state index contributed by atoms with van der Waals surface area (Å²) in [7, 11) is -4.47. The minimum Gasteiger partial charge on any atom is -0.338 e. The van der Waals surface area contributed by atoms with Crippen LogP contribution in [0.3, 0.4) is 0 Å². The molecule has 5 rings (SSSR count). The zero-order chi connectivity index (χ0) is 27.5. The van der Waals surface area contributed by atoms with Gasteiger partial charge in [0.25, 0.3) is 10.1 Å². The van der Waals surface area contributed by atoms with E-state index < -0.39 is 10.1 Å². The molecule has 5 aromatic rings. The van der Waals surface area contributed by atoms with E-state index in [1.807, 2.05) is 18.2 Å². The molecule has 0 radical (unpaired) electrons. The van der Waals surface area contributed by atoms with E-state index in [1.54, 1.807) is 0 Å². The highest BCUT2D eigenvalue weighted by Crippen LogP contribution is 2.34. The highest BCUT2D eigenvalue weighted by atomic mass is 32.2. The molecule has 0 amide bonds. The summed E-state index contributed by atoms with van der Waals surface area (Å²) in [6.45, 7) is 13.1. The third-order valence-corrected chi connectivity index (χ3v) is 8.88. The topological polar surface area (TPSA) is 112 Å². The van der Waals surface area contributed by atoms with Crippen LogP contribution in [0.1, 0.15) is 65.5 Å². The first-order chi connectivity index (χ1) is 17.8. The summed E-state index contributed by atoms with van der Waals surface area (Å²) in [5.41, 5.74) is 6.77. The molecule has 2 heterocycles. The van der Waals surface area contributed by atoms with E-state index in [0.717, 1.165) is 34.9 Å². The largest absolute Gasteiger partial charge is 0.338 e. The Bertz CT molecular complexity index is 1670. The number of nitrogens with one attached hydrogen (secondary N) is 2. The van der Waals surface area contributed by atoms with Gasteiger partial charge >= 0.3 is 0 Å². The number of benzene rings is 3. The maximum Gasteiger partial charge on any atom is 0.294 e.